The molecule has 0 fully saturated rings. The second kappa shape index (κ2) is 6.54. The van der Waals surface area contributed by atoms with Gasteiger partial charge in [-0.2, -0.15) is 0 Å². The SMILES string of the molecule is CCc1nccn1Cc1cc([C@H](N)CO)ccc1OC. The fraction of sp³-hybridized carbons (Fsp3) is 0.400. The number of methoxy groups -OCH3 is 1. The predicted molar refractivity (Wildman–Crippen MR) is 77.7 cm³/mol. The molecule has 0 saturated heterocycles. The Morgan fingerprint density at radius 3 is 2.90 bits per heavy atom. The largest absolute Gasteiger partial charge is 0.496 e. The van der Waals surface area contributed by atoms with Gasteiger partial charge in [-0.05, 0) is 17.7 Å². The highest BCUT2D eigenvalue weighted by molar-refractivity contribution is 5.38. The van der Waals surface area contributed by atoms with Crippen molar-refractivity contribution in [2.24, 2.45) is 5.73 Å². The molecule has 5 heteroatoms. The summed E-state index contributed by atoms with van der Waals surface area (Å²) in [5.41, 5.74) is 7.81. The number of ether oxygens (including phenoxy) is 1. The molecule has 2 aromatic rings. The first kappa shape index (κ1) is 14.6. The van der Waals surface area contributed by atoms with Crippen LogP contribution >= 0.6 is 0 Å². The number of nitrogens with two attached hydrogens (primary N) is 1. The highest BCUT2D eigenvalue weighted by Gasteiger charge is 2.11. The minimum Gasteiger partial charge on any atom is -0.496 e. The molecule has 0 bridgehead atoms. The molecule has 0 aliphatic carbocycles. The summed E-state index contributed by atoms with van der Waals surface area (Å²) in [5.74, 6) is 1.85. The van der Waals surface area contributed by atoms with Gasteiger partial charge in [-0.25, -0.2) is 4.98 Å². The molecule has 0 amide bonds. The number of rotatable bonds is 6. The lowest BCUT2D eigenvalue weighted by molar-refractivity contribution is 0.268. The van der Waals surface area contributed by atoms with Crippen LogP contribution < -0.4 is 10.5 Å². The zero-order chi connectivity index (χ0) is 14.5. The van der Waals surface area contributed by atoms with Gasteiger partial charge < -0.3 is 20.1 Å². The van der Waals surface area contributed by atoms with E-state index in [4.69, 9.17) is 10.5 Å². The Balaban J connectivity index is 2.33. The van der Waals surface area contributed by atoms with Gasteiger partial charge in [-0.1, -0.05) is 13.0 Å². The minimum atomic E-state index is -0.368. The minimum absolute atomic E-state index is 0.0724. The number of imidazole rings is 1. The third kappa shape index (κ3) is 3.00. The van der Waals surface area contributed by atoms with Crippen LogP contribution in [0.5, 0.6) is 5.75 Å². The van der Waals surface area contributed by atoms with E-state index < -0.39 is 0 Å². The number of aromatic nitrogens is 2. The number of hydrogen-bond donors (Lipinski definition) is 2. The highest BCUT2D eigenvalue weighted by atomic mass is 16.5. The first-order valence-electron chi connectivity index (χ1n) is 6.72. The fourth-order valence-electron chi connectivity index (χ4n) is 2.24. The van der Waals surface area contributed by atoms with Gasteiger partial charge >= 0.3 is 0 Å². The Labute approximate surface area is 119 Å². The van der Waals surface area contributed by atoms with Gasteiger partial charge in [-0.3, -0.25) is 0 Å². The normalized spacial score (nSPS) is 12.4. The maximum absolute atomic E-state index is 9.17. The van der Waals surface area contributed by atoms with Gasteiger partial charge in [0.15, 0.2) is 0 Å². The average molecular weight is 275 g/mol. The van der Waals surface area contributed by atoms with Crippen molar-refractivity contribution in [1.29, 1.82) is 0 Å². The molecule has 1 heterocycles. The van der Waals surface area contributed by atoms with Crippen LogP contribution in [0.3, 0.4) is 0 Å². The molecule has 0 spiro atoms. The zero-order valence-electron chi connectivity index (χ0n) is 11.9. The highest BCUT2D eigenvalue weighted by Crippen LogP contribution is 2.24. The van der Waals surface area contributed by atoms with E-state index in [0.717, 1.165) is 29.1 Å². The standard InChI is InChI=1S/C15H21N3O2/c1-3-15-17-6-7-18(15)9-12-8-11(13(16)10-19)4-5-14(12)20-2/h4-8,13,19H,3,9-10,16H2,1-2H3/t13-/m1/s1. The molecule has 5 nitrogen and oxygen atoms in total. The molecule has 0 unspecified atom stereocenters. The molecule has 108 valence electrons. The molecule has 2 rings (SSSR count). The molecule has 0 saturated carbocycles. The molecular weight excluding hydrogens is 254 g/mol. The molecule has 0 aliphatic heterocycles. The van der Waals surface area contributed by atoms with E-state index in [-0.39, 0.29) is 12.6 Å². The van der Waals surface area contributed by atoms with Gasteiger partial charge in [0.2, 0.25) is 0 Å². The van der Waals surface area contributed by atoms with Crippen molar-refractivity contribution in [3.63, 3.8) is 0 Å². The lowest BCUT2D eigenvalue weighted by Crippen LogP contribution is -2.15. The third-order valence-electron chi connectivity index (χ3n) is 3.39. The van der Waals surface area contributed by atoms with Crippen LogP contribution in [0.2, 0.25) is 0 Å². The van der Waals surface area contributed by atoms with Crippen molar-refractivity contribution in [2.75, 3.05) is 13.7 Å². The molecule has 20 heavy (non-hydrogen) atoms. The molecule has 0 radical (unpaired) electrons. The lowest BCUT2D eigenvalue weighted by Gasteiger charge is -2.15. The summed E-state index contributed by atoms with van der Waals surface area (Å²) in [6.07, 6.45) is 4.64. The number of nitrogens with zero attached hydrogens (tertiary/aromatic N) is 2. The van der Waals surface area contributed by atoms with Crippen LogP contribution in [0.4, 0.5) is 0 Å². The fourth-order valence-corrected chi connectivity index (χ4v) is 2.24. The predicted octanol–water partition coefficient (Wildman–Crippen LogP) is 1.49. The van der Waals surface area contributed by atoms with E-state index in [9.17, 15) is 5.11 Å². The molecule has 1 atom stereocenters. The average Bonchev–Trinajstić information content (AvgIpc) is 2.93. The quantitative estimate of drug-likeness (QED) is 0.838. The van der Waals surface area contributed by atoms with E-state index >= 15 is 0 Å². The second-order valence-corrected chi connectivity index (χ2v) is 4.69. The van der Waals surface area contributed by atoms with Gasteiger partial charge in [0.05, 0.1) is 26.3 Å². The van der Waals surface area contributed by atoms with Crippen molar-refractivity contribution < 1.29 is 9.84 Å². The van der Waals surface area contributed by atoms with E-state index in [1.807, 2.05) is 24.4 Å². The topological polar surface area (TPSA) is 73.3 Å². The van der Waals surface area contributed by atoms with Crippen molar-refractivity contribution in [3.8, 4) is 5.75 Å². The maximum atomic E-state index is 9.17. The van der Waals surface area contributed by atoms with Crippen molar-refractivity contribution >= 4 is 0 Å². The lowest BCUT2D eigenvalue weighted by atomic mass is 10.0. The monoisotopic (exact) mass is 275 g/mol. The smallest absolute Gasteiger partial charge is 0.123 e. The maximum Gasteiger partial charge on any atom is 0.123 e. The van der Waals surface area contributed by atoms with Crippen LogP contribution in [0.15, 0.2) is 30.6 Å². The third-order valence-corrected chi connectivity index (χ3v) is 3.39. The first-order valence-corrected chi connectivity index (χ1v) is 6.72. The number of hydrogen-bond acceptors (Lipinski definition) is 4. The molecule has 1 aromatic heterocycles. The Hall–Kier alpha value is -1.85. The summed E-state index contributed by atoms with van der Waals surface area (Å²) in [6.45, 7) is 2.68. The molecule has 0 aliphatic rings. The van der Waals surface area contributed by atoms with Crippen LogP contribution in [0.1, 0.15) is 29.9 Å². The van der Waals surface area contributed by atoms with Crippen molar-refractivity contribution in [2.45, 2.75) is 25.9 Å². The van der Waals surface area contributed by atoms with Crippen LogP contribution in [-0.4, -0.2) is 28.4 Å². The Kier molecular flexibility index (Phi) is 4.76. The van der Waals surface area contributed by atoms with Crippen LogP contribution in [-0.2, 0) is 13.0 Å². The zero-order valence-corrected chi connectivity index (χ0v) is 11.9. The molecular formula is C15H21N3O2. The van der Waals surface area contributed by atoms with E-state index in [2.05, 4.69) is 16.5 Å². The first-order chi connectivity index (χ1) is 9.69. The summed E-state index contributed by atoms with van der Waals surface area (Å²) >= 11 is 0. The molecule has 1 aromatic carbocycles. The Morgan fingerprint density at radius 1 is 1.45 bits per heavy atom. The van der Waals surface area contributed by atoms with E-state index in [0.29, 0.717) is 6.54 Å². The Bertz CT molecular complexity index is 566. The summed E-state index contributed by atoms with van der Waals surface area (Å²) in [6, 6.07) is 5.40. The Morgan fingerprint density at radius 2 is 2.25 bits per heavy atom. The second-order valence-electron chi connectivity index (χ2n) is 4.69. The van der Waals surface area contributed by atoms with E-state index in [1.165, 1.54) is 0 Å². The van der Waals surface area contributed by atoms with Crippen LogP contribution in [0.25, 0.3) is 0 Å². The number of aliphatic hydroxyl groups excluding tert-OH is 1. The van der Waals surface area contributed by atoms with Gasteiger partial charge in [0, 0.05) is 24.4 Å². The number of aryl methyl sites for hydroxylation is 1. The number of benzene rings is 1. The summed E-state index contributed by atoms with van der Waals surface area (Å²) in [5, 5.41) is 9.17. The summed E-state index contributed by atoms with van der Waals surface area (Å²) < 4.78 is 7.49. The number of aliphatic hydroxyl groups is 1. The van der Waals surface area contributed by atoms with Crippen molar-refractivity contribution in [1.82, 2.24) is 9.55 Å². The summed E-state index contributed by atoms with van der Waals surface area (Å²) in [4.78, 5) is 4.32. The van der Waals surface area contributed by atoms with Crippen molar-refractivity contribution in [3.05, 3.63) is 47.5 Å². The van der Waals surface area contributed by atoms with Gasteiger partial charge in [0.1, 0.15) is 11.6 Å². The van der Waals surface area contributed by atoms with E-state index in [1.54, 1.807) is 13.3 Å². The van der Waals surface area contributed by atoms with Gasteiger partial charge in [0.25, 0.3) is 0 Å². The summed E-state index contributed by atoms with van der Waals surface area (Å²) in [7, 11) is 1.65. The van der Waals surface area contributed by atoms with Crippen LogP contribution in [0, 0.1) is 0 Å². The van der Waals surface area contributed by atoms with Gasteiger partial charge in [-0.15, -0.1) is 0 Å². The molecule has 3 N–H and O–H groups in total.